The summed E-state index contributed by atoms with van der Waals surface area (Å²) < 4.78 is 5.40. The van der Waals surface area contributed by atoms with Crippen LogP contribution in [0.4, 0.5) is 11.4 Å². The van der Waals surface area contributed by atoms with Crippen LogP contribution in [0.25, 0.3) is 11.1 Å². The van der Waals surface area contributed by atoms with Crippen LogP contribution in [0.5, 0.6) is 0 Å². The molecule has 16 heavy (non-hydrogen) atoms. The van der Waals surface area contributed by atoms with Crippen LogP contribution < -0.4 is 5.32 Å². The van der Waals surface area contributed by atoms with Crippen molar-refractivity contribution in [2.45, 2.75) is 0 Å². The highest BCUT2D eigenvalue weighted by molar-refractivity contribution is 5.88. The van der Waals surface area contributed by atoms with Gasteiger partial charge in [0.1, 0.15) is 17.5 Å². The lowest BCUT2D eigenvalue weighted by Gasteiger charge is -2.02. The lowest BCUT2D eigenvalue weighted by atomic mass is 10.3. The van der Waals surface area contributed by atoms with Crippen LogP contribution in [-0.2, 0) is 0 Å². The maximum atomic E-state index is 5.40. The number of anilines is 2. The second kappa shape index (κ2) is 3.70. The standard InChI is InChI=1S/C13H10N2O/c1-2-5-10(6-3-1)15-11-9-16-12-7-4-8-14-13(11)12/h1-9,15H. The van der Waals surface area contributed by atoms with Crippen LogP contribution in [0.3, 0.4) is 0 Å². The zero-order chi connectivity index (χ0) is 10.8. The largest absolute Gasteiger partial charge is 0.460 e. The molecule has 3 aromatic rings. The van der Waals surface area contributed by atoms with Gasteiger partial charge in [0.25, 0.3) is 0 Å². The molecule has 0 radical (unpaired) electrons. The lowest BCUT2D eigenvalue weighted by molar-refractivity contribution is 0.616. The summed E-state index contributed by atoms with van der Waals surface area (Å²) in [6.45, 7) is 0. The van der Waals surface area contributed by atoms with Gasteiger partial charge in [-0.2, -0.15) is 0 Å². The molecular weight excluding hydrogens is 200 g/mol. The number of aromatic nitrogens is 1. The average Bonchev–Trinajstić information content (AvgIpc) is 2.74. The Hall–Kier alpha value is -2.29. The van der Waals surface area contributed by atoms with Gasteiger partial charge in [-0.25, -0.2) is 0 Å². The third kappa shape index (κ3) is 1.52. The summed E-state index contributed by atoms with van der Waals surface area (Å²) >= 11 is 0. The van der Waals surface area contributed by atoms with E-state index in [0.29, 0.717) is 0 Å². The first-order chi connectivity index (χ1) is 7.93. The predicted octanol–water partition coefficient (Wildman–Crippen LogP) is 3.57. The van der Waals surface area contributed by atoms with Crippen LogP contribution in [0.1, 0.15) is 0 Å². The number of benzene rings is 1. The summed E-state index contributed by atoms with van der Waals surface area (Å²) in [5, 5.41) is 3.27. The van der Waals surface area contributed by atoms with Crippen molar-refractivity contribution in [2.75, 3.05) is 5.32 Å². The molecule has 0 atom stereocenters. The van der Waals surface area contributed by atoms with Crippen LogP contribution in [-0.4, -0.2) is 4.98 Å². The Morgan fingerprint density at radius 1 is 1.00 bits per heavy atom. The number of hydrogen-bond acceptors (Lipinski definition) is 3. The number of rotatable bonds is 2. The fourth-order valence-electron chi connectivity index (χ4n) is 1.63. The third-order valence-electron chi connectivity index (χ3n) is 2.38. The van der Waals surface area contributed by atoms with Gasteiger partial charge < -0.3 is 9.73 Å². The number of fused-ring (bicyclic) bond motifs is 1. The SMILES string of the molecule is c1ccc(Nc2coc3cccnc23)cc1. The normalized spacial score (nSPS) is 10.5. The van der Waals surface area contributed by atoms with Gasteiger partial charge in [0.15, 0.2) is 5.58 Å². The quantitative estimate of drug-likeness (QED) is 0.702. The molecule has 3 nitrogen and oxygen atoms in total. The van der Waals surface area contributed by atoms with Gasteiger partial charge >= 0.3 is 0 Å². The molecule has 0 aliphatic heterocycles. The topological polar surface area (TPSA) is 38.1 Å². The molecule has 2 heterocycles. The molecule has 0 aliphatic carbocycles. The molecule has 78 valence electrons. The zero-order valence-electron chi connectivity index (χ0n) is 8.55. The van der Waals surface area contributed by atoms with Gasteiger partial charge in [0.2, 0.25) is 0 Å². The van der Waals surface area contributed by atoms with Gasteiger partial charge in [-0.15, -0.1) is 0 Å². The summed E-state index contributed by atoms with van der Waals surface area (Å²) in [5.74, 6) is 0. The van der Waals surface area contributed by atoms with Crippen LogP contribution in [0.15, 0.2) is 59.3 Å². The number of nitrogens with one attached hydrogen (secondary N) is 1. The molecule has 3 heteroatoms. The molecule has 0 saturated heterocycles. The van der Waals surface area contributed by atoms with E-state index in [2.05, 4.69) is 10.3 Å². The van der Waals surface area contributed by atoms with Gasteiger partial charge in [0, 0.05) is 11.9 Å². The summed E-state index contributed by atoms with van der Waals surface area (Å²) in [5.41, 5.74) is 3.56. The van der Waals surface area contributed by atoms with Gasteiger partial charge in [-0.05, 0) is 24.3 Å². The minimum atomic E-state index is 0.793. The minimum Gasteiger partial charge on any atom is -0.460 e. The van der Waals surface area contributed by atoms with Crippen molar-refractivity contribution >= 4 is 22.5 Å². The smallest absolute Gasteiger partial charge is 0.154 e. The van der Waals surface area contributed by atoms with Crippen molar-refractivity contribution in [3.05, 3.63) is 54.9 Å². The van der Waals surface area contributed by atoms with Crippen LogP contribution in [0.2, 0.25) is 0 Å². The second-order valence-corrected chi connectivity index (χ2v) is 3.49. The molecule has 0 bridgehead atoms. The van der Waals surface area contributed by atoms with Crippen molar-refractivity contribution < 1.29 is 4.42 Å². The molecule has 1 N–H and O–H groups in total. The molecule has 3 rings (SSSR count). The highest BCUT2D eigenvalue weighted by Gasteiger charge is 2.05. The summed E-state index contributed by atoms with van der Waals surface area (Å²) in [7, 11) is 0. The number of nitrogens with zero attached hydrogens (tertiary/aromatic N) is 1. The van der Waals surface area contributed by atoms with Crippen molar-refractivity contribution in [1.29, 1.82) is 0 Å². The number of para-hydroxylation sites is 1. The van der Waals surface area contributed by atoms with E-state index in [0.717, 1.165) is 22.5 Å². The fraction of sp³-hybridized carbons (Fsp3) is 0. The van der Waals surface area contributed by atoms with Gasteiger partial charge in [0.05, 0.1) is 0 Å². The minimum absolute atomic E-state index is 0.793. The molecule has 1 aromatic carbocycles. The van der Waals surface area contributed by atoms with Gasteiger partial charge in [-0.1, -0.05) is 18.2 Å². The van der Waals surface area contributed by atoms with E-state index in [9.17, 15) is 0 Å². The Kier molecular flexibility index (Phi) is 2.07. The predicted molar refractivity (Wildman–Crippen MR) is 63.7 cm³/mol. The Bertz CT molecular complexity index is 601. The fourth-order valence-corrected chi connectivity index (χ4v) is 1.63. The number of furan rings is 1. The first-order valence-corrected chi connectivity index (χ1v) is 5.08. The molecule has 0 saturated carbocycles. The van der Waals surface area contributed by atoms with Crippen molar-refractivity contribution in [2.24, 2.45) is 0 Å². The van der Waals surface area contributed by atoms with E-state index in [-0.39, 0.29) is 0 Å². The molecule has 2 aromatic heterocycles. The van der Waals surface area contributed by atoms with Crippen LogP contribution >= 0.6 is 0 Å². The maximum Gasteiger partial charge on any atom is 0.154 e. The molecule has 0 fully saturated rings. The highest BCUT2D eigenvalue weighted by atomic mass is 16.3. The molecular formula is C13H10N2O. The maximum absolute atomic E-state index is 5.40. The molecule has 0 aliphatic rings. The number of pyridine rings is 1. The highest BCUT2D eigenvalue weighted by Crippen LogP contribution is 2.26. The summed E-state index contributed by atoms with van der Waals surface area (Å²) in [4.78, 5) is 4.28. The van der Waals surface area contributed by atoms with E-state index in [1.807, 2.05) is 42.5 Å². The lowest BCUT2D eigenvalue weighted by Crippen LogP contribution is -1.88. The second-order valence-electron chi connectivity index (χ2n) is 3.49. The van der Waals surface area contributed by atoms with Crippen LogP contribution in [0, 0.1) is 0 Å². The Morgan fingerprint density at radius 2 is 1.88 bits per heavy atom. The first kappa shape index (κ1) is 8.97. The molecule has 0 amide bonds. The Morgan fingerprint density at radius 3 is 2.75 bits per heavy atom. The Labute approximate surface area is 92.7 Å². The monoisotopic (exact) mass is 210 g/mol. The third-order valence-corrected chi connectivity index (χ3v) is 2.38. The molecule has 0 unspecified atom stereocenters. The summed E-state index contributed by atoms with van der Waals surface area (Å²) in [6.07, 6.45) is 3.44. The average molecular weight is 210 g/mol. The first-order valence-electron chi connectivity index (χ1n) is 5.08. The van der Waals surface area contributed by atoms with E-state index in [1.165, 1.54) is 0 Å². The molecule has 0 spiro atoms. The number of hydrogen-bond donors (Lipinski definition) is 1. The Balaban J connectivity index is 2.01. The van der Waals surface area contributed by atoms with E-state index >= 15 is 0 Å². The zero-order valence-corrected chi connectivity index (χ0v) is 8.55. The van der Waals surface area contributed by atoms with E-state index in [4.69, 9.17) is 4.42 Å². The van der Waals surface area contributed by atoms with Crippen molar-refractivity contribution in [3.8, 4) is 0 Å². The van der Waals surface area contributed by atoms with E-state index < -0.39 is 0 Å². The van der Waals surface area contributed by atoms with E-state index in [1.54, 1.807) is 12.5 Å². The van der Waals surface area contributed by atoms with Crippen molar-refractivity contribution in [3.63, 3.8) is 0 Å². The van der Waals surface area contributed by atoms with Gasteiger partial charge in [-0.3, -0.25) is 4.98 Å². The summed E-state index contributed by atoms with van der Waals surface area (Å²) in [6, 6.07) is 13.7. The van der Waals surface area contributed by atoms with Crippen molar-refractivity contribution in [1.82, 2.24) is 4.98 Å².